The van der Waals surface area contributed by atoms with E-state index in [1.807, 2.05) is 13.8 Å². The fraction of sp³-hybridized carbons (Fsp3) is 0.231. The highest BCUT2D eigenvalue weighted by molar-refractivity contribution is 6.04. The van der Waals surface area contributed by atoms with Gasteiger partial charge in [-0.2, -0.15) is 0 Å². The number of amides is 3. The van der Waals surface area contributed by atoms with Gasteiger partial charge < -0.3 is 15.4 Å². The van der Waals surface area contributed by atoms with Gasteiger partial charge in [0.15, 0.2) is 12.1 Å². The van der Waals surface area contributed by atoms with Gasteiger partial charge in [-0.1, -0.05) is 24.3 Å². The average Bonchev–Trinajstić information content (AvgIpc) is 3.15. The molecule has 35 heavy (non-hydrogen) atoms. The lowest BCUT2D eigenvalue weighted by atomic mass is 10.00. The van der Waals surface area contributed by atoms with Gasteiger partial charge in [0.1, 0.15) is 5.82 Å². The van der Waals surface area contributed by atoms with Crippen LogP contribution in [0.1, 0.15) is 41.4 Å². The molecular weight excluding hydrogens is 451 g/mol. The van der Waals surface area contributed by atoms with Gasteiger partial charge in [0.25, 0.3) is 5.91 Å². The van der Waals surface area contributed by atoms with Crippen LogP contribution in [-0.4, -0.2) is 39.9 Å². The Kier molecular flexibility index (Phi) is 7.05. The van der Waals surface area contributed by atoms with Crippen LogP contribution in [0.3, 0.4) is 0 Å². The van der Waals surface area contributed by atoms with Crippen LogP contribution in [0.2, 0.25) is 0 Å². The molecule has 0 radical (unpaired) electrons. The van der Waals surface area contributed by atoms with Crippen LogP contribution in [0, 0.1) is 5.82 Å². The van der Waals surface area contributed by atoms with Crippen LogP contribution in [0.25, 0.3) is 0 Å². The van der Waals surface area contributed by atoms with Gasteiger partial charge >= 0.3 is 6.09 Å². The Morgan fingerprint density at radius 1 is 1.11 bits per heavy atom. The summed E-state index contributed by atoms with van der Waals surface area (Å²) in [6, 6.07) is 14.8. The highest BCUT2D eigenvalue weighted by atomic mass is 19.1. The van der Waals surface area contributed by atoms with E-state index in [0.29, 0.717) is 22.4 Å². The highest BCUT2D eigenvalue weighted by Crippen LogP contribution is 2.34. The molecule has 180 valence electrons. The van der Waals surface area contributed by atoms with Crippen LogP contribution in [0.15, 0.2) is 73.1 Å². The predicted octanol–water partition coefficient (Wildman–Crippen LogP) is 4.06. The largest absolute Gasteiger partial charge is 0.438 e. The van der Waals surface area contributed by atoms with Crippen molar-refractivity contribution in [3.63, 3.8) is 0 Å². The minimum Gasteiger partial charge on any atom is -0.438 e. The smallest absolute Gasteiger partial charge is 0.411 e. The van der Waals surface area contributed by atoms with Gasteiger partial charge in [0.2, 0.25) is 5.91 Å². The number of nitrogens with zero attached hydrogens (tertiary/aromatic N) is 2. The number of rotatable bonds is 7. The Morgan fingerprint density at radius 2 is 1.89 bits per heavy atom. The first-order valence-electron chi connectivity index (χ1n) is 11.1. The molecule has 8 nitrogen and oxygen atoms in total. The van der Waals surface area contributed by atoms with Crippen molar-refractivity contribution in [1.82, 2.24) is 15.2 Å². The molecule has 2 heterocycles. The Labute approximate surface area is 202 Å². The summed E-state index contributed by atoms with van der Waals surface area (Å²) in [5.41, 5.74) is 2.08. The van der Waals surface area contributed by atoms with E-state index >= 15 is 0 Å². The minimum absolute atomic E-state index is 0.0164. The first-order valence-corrected chi connectivity index (χ1v) is 11.1. The van der Waals surface area contributed by atoms with Crippen molar-refractivity contribution in [3.05, 3.63) is 95.6 Å². The summed E-state index contributed by atoms with van der Waals surface area (Å²) in [4.78, 5) is 43.5. The number of carbonyl (C=O) groups is 3. The number of carbonyl (C=O) groups excluding carboxylic acids is 3. The number of hydrogen-bond acceptors (Lipinski definition) is 5. The number of nitrogens with one attached hydrogen (secondary N) is 2. The van der Waals surface area contributed by atoms with Gasteiger partial charge in [0, 0.05) is 24.1 Å². The molecule has 2 N–H and O–H groups in total. The lowest BCUT2D eigenvalue weighted by Crippen LogP contribution is -2.48. The number of benzene rings is 2. The molecule has 3 aromatic rings. The van der Waals surface area contributed by atoms with Gasteiger partial charge in [0.05, 0.1) is 12.1 Å². The van der Waals surface area contributed by atoms with Crippen LogP contribution in [-0.2, 0) is 16.1 Å². The van der Waals surface area contributed by atoms with Gasteiger partial charge in [-0.05, 0) is 61.4 Å². The normalized spacial score (nSPS) is 17.3. The van der Waals surface area contributed by atoms with E-state index in [-0.39, 0.29) is 24.4 Å². The van der Waals surface area contributed by atoms with Crippen LogP contribution >= 0.6 is 0 Å². The molecular formula is C26H25FN4O4. The summed E-state index contributed by atoms with van der Waals surface area (Å²) in [6.07, 6.45) is 1.50. The molecule has 9 heteroatoms. The maximum atomic E-state index is 13.7. The number of ether oxygens (including phenoxy) is 1. The molecule has 0 saturated carbocycles. The maximum absolute atomic E-state index is 13.7. The first-order chi connectivity index (χ1) is 16.8. The highest BCUT2D eigenvalue weighted by Gasteiger charge is 2.47. The summed E-state index contributed by atoms with van der Waals surface area (Å²) in [7, 11) is 0. The van der Waals surface area contributed by atoms with Crippen molar-refractivity contribution in [2.45, 2.75) is 38.6 Å². The second-order valence-corrected chi connectivity index (χ2v) is 8.49. The monoisotopic (exact) mass is 476 g/mol. The molecule has 0 bridgehead atoms. The SMILES string of the molecule is CC(C)NC(=O)C1C(c2ccc(NC(=O)c3cccnc3)cc2)OC(=O)N1Cc1cccc(F)c1. The molecule has 1 aliphatic heterocycles. The third-order valence-corrected chi connectivity index (χ3v) is 5.45. The lowest BCUT2D eigenvalue weighted by Gasteiger charge is -2.25. The summed E-state index contributed by atoms with van der Waals surface area (Å²) in [5, 5.41) is 5.62. The molecule has 0 aliphatic carbocycles. The van der Waals surface area contributed by atoms with Crippen molar-refractivity contribution >= 4 is 23.6 Å². The van der Waals surface area contributed by atoms with Crippen LogP contribution in [0.4, 0.5) is 14.9 Å². The fourth-order valence-electron chi connectivity index (χ4n) is 3.87. The topological polar surface area (TPSA) is 101 Å². The number of pyridine rings is 1. The number of halogens is 1. The van der Waals surface area contributed by atoms with Gasteiger partial charge in [-0.25, -0.2) is 9.18 Å². The predicted molar refractivity (Wildman–Crippen MR) is 127 cm³/mol. The van der Waals surface area contributed by atoms with Gasteiger partial charge in [-0.3, -0.25) is 19.5 Å². The second-order valence-electron chi connectivity index (χ2n) is 8.49. The fourth-order valence-corrected chi connectivity index (χ4v) is 3.87. The zero-order valence-corrected chi connectivity index (χ0v) is 19.3. The Morgan fingerprint density at radius 3 is 2.54 bits per heavy atom. The summed E-state index contributed by atoms with van der Waals surface area (Å²) < 4.78 is 19.3. The molecule has 1 fully saturated rings. The third kappa shape index (κ3) is 5.63. The standard InChI is InChI=1S/C26H25FN4O4/c1-16(2)29-25(33)22-23(35-26(34)31(22)15-17-5-3-7-20(27)13-17)18-8-10-21(11-9-18)30-24(32)19-6-4-12-28-14-19/h3-14,16,22-23H,15H2,1-2H3,(H,29,33)(H,30,32). The van der Waals surface area contributed by atoms with Gasteiger partial charge in [-0.15, -0.1) is 0 Å². The van der Waals surface area contributed by atoms with Crippen molar-refractivity contribution in [2.75, 3.05) is 5.32 Å². The van der Waals surface area contributed by atoms with Crippen LogP contribution in [0.5, 0.6) is 0 Å². The molecule has 2 atom stereocenters. The van der Waals surface area contributed by atoms with Crippen molar-refractivity contribution in [3.8, 4) is 0 Å². The molecule has 4 rings (SSSR count). The summed E-state index contributed by atoms with van der Waals surface area (Å²) in [5.74, 6) is -1.12. The van der Waals surface area contributed by atoms with E-state index in [1.165, 1.54) is 23.2 Å². The number of cyclic esters (lactones) is 1. The molecule has 2 unspecified atom stereocenters. The Bertz CT molecular complexity index is 1220. The number of anilines is 1. The van der Waals surface area contributed by atoms with Crippen molar-refractivity contribution < 1.29 is 23.5 Å². The van der Waals surface area contributed by atoms with E-state index in [2.05, 4.69) is 15.6 Å². The summed E-state index contributed by atoms with van der Waals surface area (Å²) >= 11 is 0. The molecule has 2 aromatic carbocycles. The quantitative estimate of drug-likeness (QED) is 0.536. The molecule has 1 saturated heterocycles. The number of hydrogen-bond donors (Lipinski definition) is 2. The average molecular weight is 477 g/mol. The lowest BCUT2D eigenvalue weighted by molar-refractivity contribution is -0.126. The van der Waals surface area contributed by atoms with Crippen molar-refractivity contribution in [2.24, 2.45) is 0 Å². The van der Waals surface area contributed by atoms with E-state index in [9.17, 15) is 18.8 Å². The third-order valence-electron chi connectivity index (χ3n) is 5.45. The van der Waals surface area contributed by atoms with E-state index in [1.54, 1.807) is 54.7 Å². The minimum atomic E-state index is -0.955. The van der Waals surface area contributed by atoms with Crippen LogP contribution < -0.4 is 10.6 Å². The van der Waals surface area contributed by atoms with E-state index in [4.69, 9.17) is 4.74 Å². The van der Waals surface area contributed by atoms with Crippen molar-refractivity contribution in [1.29, 1.82) is 0 Å². The molecule has 1 aliphatic rings. The maximum Gasteiger partial charge on any atom is 0.411 e. The zero-order chi connectivity index (χ0) is 24.9. The number of aromatic nitrogens is 1. The van der Waals surface area contributed by atoms with E-state index < -0.39 is 24.1 Å². The molecule has 0 spiro atoms. The summed E-state index contributed by atoms with van der Waals surface area (Å²) in [6.45, 7) is 3.66. The molecule has 1 aromatic heterocycles. The zero-order valence-electron chi connectivity index (χ0n) is 19.3. The molecule has 3 amide bonds. The Hall–Kier alpha value is -4.27. The Balaban J connectivity index is 1.56. The first kappa shape index (κ1) is 23.9. The van der Waals surface area contributed by atoms with E-state index in [0.717, 1.165) is 0 Å². The second kappa shape index (κ2) is 10.3.